The number of anilines is 1. The van der Waals surface area contributed by atoms with Gasteiger partial charge < -0.3 is 15.5 Å². The number of thiocarbonyl (C=S) groups is 1. The van der Waals surface area contributed by atoms with E-state index in [1.54, 1.807) is 0 Å². The molecule has 1 heterocycles. The second kappa shape index (κ2) is 7.77. The highest BCUT2D eigenvalue weighted by atomic mass is 32.1. The first-order chi connectivity index (χ1) is 10.9. The minimum atomic E-state index is 0.0979. The Hall–Kier alpha value is -1.62. The van der Waals surface area contributed by atoms with Crippen LogP contribution in [0.4, 0.5) is 5.69 Å². The van der Waals surface area contributed by atoms with Gasteiger partial charge in [-0.15, -0.1) is 0 Å². The maximum absolute atomic E-state index is 11.5. The van der Waals surface area contributed by atoms with Gasteiger partial charge >= 0.3 is 0 Å². The molecular weight excluding hydrogens is 306 g/mol. The predicted molar refractivity (Wildman–Crippen MR) is 100 cm³/mol. The third-order valence-corrected chi connectivity index (χ3v) is 4.57. The fraction of sp³-hybridized carbons (Fsp3) is 0.556. The van der Waals surface area contributed by atoms with Crippen molar-refractivity contribution in [2.75, 3.05) is 25.0 Å². The number of hydrogen-bond donors (Lipinski definition) is 2. The zero-order valence-electron chi connectivity index (χ0n) is 14.5. The molecule has 2 N–H and O–H groups in total. The molecule has 0 saturated carbocycles. The lowest BCUT2D eigenvalue weighted by atomic mass is 9.93. The lowest BCUT2D eigenvalue weighted by molar-refractivity contribution is -0.120. The monoisotopic (exact) mass is 333 g/mol. The first kappa shape index (κ1) is 17.7. The Balaban J connectivity index is 2.24. The van der Waals surface area contributed by atoms with Crippen molar-refractivity contribution < 1.29 is 4.79 Å². The molecule has 23 heavy (non-hydrogen) atoms. The van der Waals surface area contributed by atoms with E-state index in [1.807, 2.05) is 0 Å². The Morgan fingerprint density at radius 2 is 1.78 bits per heavy atom. The highest BCUT2D eigenvalue weighted by Gasteiger charge is 2.19. The smallest absolute Gasteiger partial charge is 0.221 e. The molecule has 1 amide bonds. The van der Waals surface area contributed by atoms with Gasteiger partial charge in [-0.1, -0.05) is 45.9 Å². The molecule has 1 saturated heterocycles. The third-order valence-electron chi connectivity index (χ3n) is 4.20. The fourth-order valence-corrected chi connectivity index (χ4v) is 3.14. The zero-order chi connectivity index (χ0) is 17.0. The van der Waals surface area contributed by atoms with Crippen LogP contribution in [0.15, 0.2) is 18.2 Å². The van der Waals surface area contributed by atoms with Gasteiger partial charge in [-0.3, -0.25) is 4.79 Å². The van der Waals surface area contributed by atoms with Gasteiger partial charge in [-0.05, 0) is 35.2 Å². The topological polar surface area (TPSA) is 44.4 Å². The van der Waals surface area contributed by atoms with Crippen LogP contribution in [-0.2, 0) is 4.79 Å². The van der Waals surface area contributed by atoms with E-state index in [9.17, 15) is 4.79 Å². The van der Waals surface area contributed by atoms with E-state index in [2.05, 4.69) is 61.4 Å². The molecule has 5 heteroatoms. The molecule has 1 aromatic rings. The maximum atomic E-state index is 11.5. The van der Waals surface area contributed by atoms with Crippen molar-refractivity contribution in [2.45, 2.75) is 46.0 Å². The molecule has 0 unspecified atom stereocenters. The number of benzene rings is 1. The molecule has 0 bridgehead atoms. The van der Waals surface area contributed by atoms with Gasteiger partial charge in [0.25, 0.3) is 0 Å². The molecule has 2 rings (SSSR count). The third kappa shape index (κ3) is 4.44. The molecule has 0 radical (unpaired) electrons. The number of carbonyl (C=O) groups excluding carboxylic acids is 1. The SMILES string of the molecule is CC(C)c1cccc(C(C)C)c1NC(=S)N1CCNC(=O)CC1. The van der Waals surface area contributed by atoms with E-state index in [1.165, 1.54) is 11.1 Å². The van der Waals surface area contributed by atoms with Crippen LogP contribution in [0.3, 0.4) is 0 Å². The standard InChI is InChI=1S/C18H27N3OS/c1-12(2)14-6-5-7-15(13(3)4)17(14)20-18(23)21-10-8-16(22)19-9-11-21/h5-7,12-13H,8-11H2,1-4H3,(H,19,22)(H,20,23). The molecule has 4 nitrogen and oxygen atoms in total. The van der Waals surface area contributed by atoms with Crippen molar-refractivity contribution in [3.8, 4) is 0 Å². The molecule has 1 fully saturated rings. The van der Waals surface area contributed by atoms with E-state index in [-0.39, 0.29) is 5.91 Å². The van der Waals surface area contributed by atoms with Crippen LogP contribution in [-0.4, -0.2) is 35.6 Å². The number of amides is 1. The summed E-state index contributed by atoms with van der Waals surface area (Å²) >= 11 is 5.62. The van der Waals surface area contributed by atoms with Gasteiger partial charge in [0.15, 0.2) is 5.11 Å². The number of nitrogens with zero attached hydrogens (tertiary/aromatic N) is 1. The molecule has 1 aliphatic rings. The molecule has 0 spiro atoms. The van der Waals surface area contributed by atoms with Crippen molar-refractivity contribution in [2.24, 2.45) is 0 Å². The van der Waals surface area contributed by atoms with Crippen molar-refractivity contribution in [3.63, 3.8) is 0 Å². The molecule has 126 valence electrons. The summed E-state index contributed by atoms with van der Waals surface area (Å²) < 4.78 is 0. The Morgan fingerprint density at radius 3 is 2.35 bits per heavy atom. The molecule has 1 aromatic carbocycles. The summed E-state index contributed by atoms with van der Waals surface area (Å²) in [6.45, 7) is 10.8. The summed E-state index contributed by atoms with van der Waals surface area (Å²) in [5, 5.41) is 7.06. The van der Waals surface area contributed by atoms with Crippen molar-refractivity contribution >= 4 is 28.9 Å². The van der Waals surface area contributed by atoms with Gasteiger partial charge in [0, 0.05) is 31.7 Å². The van der Waals surface area contributed by atoms with E-state index in [0.29, 0.717) is 36.5 Å². The summed E-state index contributed by atoms with van der Waals surface area (Å²) in [6.07, 6.45) is 0.491. The fourth-order valence-electron chi connectivity index (χ4n) is 2.85. The summed E-state index contributed by atoms with van der Waals surface area (Å²) in [7, 11) is 0. The van der Waals surface area contributed by atoms with Crippen LogP contribution in [0, 0.1) is 0 Å². The van der Waals surface area contributed by atoms with Crippen LogP contribution in [0.2, 0.25) is 0 Å². The number of hydrogen-bond acceptors (Lipinski definition) is 2. The van der Waals surface area contributed by atoms with Crippen LogP contribution >= 0.6 is 12.2 Å². The first-order valence-corrected chi connectivity index (χ1v) is 8.76. The van der Waals surface area contributed by atoms with Gasteiger partial charge in [-0.25, -0.2) is 0 Å². The van der Waals surface area contributed by atoms with E-state index in [0.717, 1.165) is 12.2 Å². The lowest BCUT2D eigenvalue weighted by Gasteiger charge is -2.27. The van der Waals surface area contributed by atoms with Crippen molar-refractivity contribution in [3.05, 3.63) is 29.3 Å². The Labute approximate surface area is 144 Å². The average Bonchev–Trinajstić information content (AvgIpc) is 2.71. The first-order valence-electron chi connectivity index (χ1n) is 8.35. The van der Waals surface area contributed by atoms with Gasteiger partial charge in [0.05, 0.1) is 0 Å². The summed E-state index contributed by atoms with van der Waals surface area (Å²) in [5.41, 5.74) is 3.69. The minimum Gasteiger partial charge on any atom is -0.354 e. The molecule has 0 aliphatic carbocycles. The minimum absolute atomic E-state index is 0.0979. The van der Waals surface area contributed by atoms with Crippen LogP contribution in [0.5, 0.6) is 0 Å². The summed E-state index contributed by atoms with van der Waals surface area (Å²) in [5.74, 6) is 0.943. The second-order valence-electron chi connectivity index (χ2n) is 6.64. The Bertz CT molecular complexity index is 557. The number of nitrogens with one attached hydrogen (secondary N) is 2. The zero-order valence-corrected chi connectivity index (χ0v) is 15.3. The van der Waals surface area contributed by atoms with E-state index >= 15 is 0 Å². The molecular formula is C18H27N3OS. The van der Waals surface area contributed by atoms with Gasteiger partial charge in [-0.2, -0.15) is 0 Å². The van der Waals surface area contributed by atoms with E-state index < -0.39 is 0 Å². The molecule has 1 aliphatic heterocycles. The van der Waals surface area contributed by atoms with Crippen LogP contribution in [0.1, 0.15) is 57.1 Å². The van der Waals surface area contributed by atoms with E-state index in [4.69, 9.17) is 12.2 Å². The quantitative estimate of drug-likeness (QED) is 0.832. The van der Waals surface area contributed by atoms with Crippen LogP contribution in [0.25, 0.3) is 0 Å². The van der Waals surface area contributed by atoms with Gasteiger partial charge in [0.2, 0.25) is 5.91 Å². The normalized spacial score (nSPS) is 15.6. The predicted octanol–water partition coefficient (Wildman–Crippen LogP) is 3.45. The highest BCUT2D eigenvalue weighted by molar-refractivity contribution is 7.80. The Kier molecular flexibility index (Phi) is 5.99. The average molecular weight is 334 g/mol. The van der Waals surface area contributed by atoms with Crippen LogP contribution < -0.4 is 10.6 Å². The molecule has 0 aromatic heterocycles. The lowest BCUT2D eigenvalue weighted by Crippen LogP contribution is -2.37. The Morgan fingerprint density at radius 1 is 1.17 bits per heavy atom. The number of carbonyl (C=O) groups is 1. The van der Waals surface area contributed by atoms with Crippen molar-refractivity contribution in [1.29, 1.82) is 0 Å². The highest BCUT2D eigenvalue weighted by Crippen LogP contribution is 2.32. The summed E-state index contributed by atoms with van der Waals surface area (Å²) in [6, 6.07) is 6.44. The molecule has 0 atom stereocenters. The maximum Gasteiger partial charge on any atom is 0.221 e. The summed E-state index contributed by atoms with van der Waals surface area (Å²) in [4.78, 5) is 13.6. The number of rotatable bonds is 3. The van der Waals surface area contributed by atoms with Gasteiger partial charge in [0.1, 0.15) is 0 Å². The largest absolute Gasteiger partial charge is 0.354 e. The van der Waals surface area contributed by atoms with Crippen molar-refractivity contribution in [1.82, 2.24) is 10.2 Å². The second-order valence-corrected chi connectivity index (χ2v) is 7.02. The number of para-hydroxylation sites is 1.